The van der Waals surface area contributed by atoms with Crippen LogP contribution in [0.2, 0.25) is 0 Å². The van der Waals surface area contributed by atoms with Crippen LogP contribution in [-0.4, -0.2) is 36.0 Å². The molecule has 1 N–H and O–H groups in total. The molecule has 0 spiro atoms. The molecule has 0 amide bonds. The van der Waals surface area contributed by atoms with Crippen molar-refractivity contribution in [3.63, 3.8) is 0 Å². The summed E-state index contributed by atoms with van der Waals surface area (Å²) in [5.74, 6) is 0.559. The van der Waals surface area contributed by atoms with E-state index in [0.717, 1.165) is 31.7 Å². The number of para-hydroxylation sites is 1. The first-order valence-electron chi connectivity index (χ1n) is 7.95. The van der Waals surface area contributed by atoms with Crippen LogP contribution in [0.1, 0.15) is 37.3 Å². The standard InChI is InChI=1S/C16H23N3O2.2ClH/c20-19(21)15-8-4-3-7-14(15)16(13-5-1-2-6-13)18-11-9-17-10-12-18;;/h3-4,7-8,13,16-17H,1-2,5-6,9-12H2;2*1H/t16-;;/m0../s1. The summed E-state index contributed by atoms with van der Waals surface area (Å²) in [6.07, 6.45) is 4.91. The van der Waals surface area contributed by atoms with Gasteiger partial charge in [0.2, 0.25) is 0 Å². The Morgan fingerprint density at radius 2 is 1.74 bits per heavy atom. The normalized spacial score (nSPS) is 20.3. The number of nitrogens with one attached hydrogen (secondary N) is 1. The quantitative estimate of drug-likeness (QED) is 0.657. The molecule has 0 unspecified atom stereocenters. The van der Waals surface area contributed by atoms with Gasteiger partial charge in [-0.1, -0.05) is 31.0 Å². The second kappa shape index (κ2) is 9.42. The van der Waals surface area contributed by atoms with Crippen LogP contribution in [0, 0.1) is 16.0 Å². The fourth-order valence-electron chi connectivity index (χ4n) is 3.89. The van der Waals surface area contributed by atoms with Gasteiger partial charge in [0.1, 0.15) is 0 Å². The van der Waals surface area contributed by atoms with Crippen molar-refractivity contribution in [2.24, 2.45) is 5.92 Å². The Labute approximate surface area is 149 Å². The summed E-state index contributed by atoms with van der Waals surface area (Å²) in [6, 6.07) is 7.52. The van der Waals surface area contributed by atoms with Crippen molar-refractivity contribution in [3.8, 4) is 0 Å². The molecule has 23 heavy (non-hydrogen) atoms. The second-order valence-electron chi connectivity index (χ2n) is 6.09. The zero-order chi connectivity index (χ0) is 14.7. The number of nitro benzene ring substituents is 1. The molecule has 3 rings (SSSR count). The molecule has 1 saturated heterocycles. The maximum Gasteiger partial charge on any atom is 0.274 e. The molecule has 1 aromatic rings. The molecule has 1 heterocycles. The Balaban J connectivity index is 0.00000132. The number of hydrogen-bond donors (Lipinski definition) is 1. The highest BCUT2D eigenvalue weighted by atomic mass is 35.5. The van der Waals surface area contributed by atoms with E-state index in [-0.39, 0.29) is 41.5 Å². The third-order valence-corrected chi connectivity index (χ3v) is 4.84. The van der Waals surface area contributed by atoms with Crippen LogP contribution in [0.4, 0.5) is 5.69 Å². The molecule has 7 heteroatoms. The number of rotatable bonds is 4. The minimum Gasteiger partial charge on any atom is -0.314 e. The van der Waals surface area contributed by atoms with Crippen LogP contribution < -0.4 is 5.32 Å². The van der Waals surface area contributed by atoms with Gasteiger partial charge in [-0.2, -0.15) is 0 Å². The van der Waals surface area contributed by atoms with E-state index in [0.29, 0.717) is 5.92 Å². The lowest BCUT2D eigenvalue weighted by molar-refractivity contribution is -0.386. The molecule has 1 aromatic carbocycles. The van der Waals surface area contributed by atoms with Crippen LogP contribution in [0.5, 0.6) is 0 Å². The van der Waals surface area contributed by atoms with E-state index in [4.69, 9.17) is 0 Å². The molecule has 0 bridgehead atoms. The summed E-state index contributed by atoms with van der Waals surface area (Å²) in [5.41, 5.74) is 1.20. The third kappa shape index (κ3) is 4.57. The maximum absolute atomic E-state index is 11.4. The van der Waals surface area contributed by atoms with Crippen LogP contribution in [0.3, 0.4) is 0 Å². The Kier molecular flexibility index (Phi) is 8.26. The van der Waals surface area contributed by atoms with Crippen molar-refractivity contribution >= 4 is 30.5 Å². The van der Waals surface area contributed by atoms with Crippen LogP contribution in [0.15, 0.2) is 24.3 Å². The predicted molar refractivity (Wildman–Crippen MR) is 96.7 cm³/mol. The van der Waals surface area contributed by atoms with E-state index >= 15 is 0 Å². The van der Waals surface area contributed by atoms with E-state index < -0.39 is 0 Å². The van der Waals surface area contributed by atoms with Crippen molar-refractivity contribution in [2.75, 3.05) is 26.2 Å². The SMILES string of the molecule is Cl.Cl.O=[N+]([O-])c1ccccc1[C@H](C1CCCC1)N1CCNCC1. The molecule has 5 nitrogen and oxygen atoms in total. The van der Waals surface area contributed by atoms with Crippen molar-refractivity contribution in [2.45, 2.75) is 31.7 Å². The van der Waals surface area contributed by atoms with Gasteiger partial charge >= 0.3 is 0 Å². The molecular weight excluding hydrogens is 337 g/mol. The van der Waals surface area contributed by atoms with E-state index in [9.17, 15) is 10.1 Å². The van der Waals surface area contributed by atoms with Gasteiger partial charge in [-0.25, -0.2) is 0 Å². The van der Waals surface area contributed by atoms with Crippen molar-refractivity contribution in [3.05, 3.63) is 39.9 Å². The third-order valence-electron chi connectivity index (χ3n) is 4.84. The molecule has 1 atom stereocenters. The Morgan fingerprint density at radius 3 is 2.35 bits per heavy atom. The number of nitro groups is 1. The van der Waals surface area contributed by atoms with Gasteiger partial charge in [0.05, 0.1) is 4.92 Å². The monoisotopic (exact) mass is 361 g/mol. The largest absolute Gasteiger partial charge is 0.314 e. The van der Waals surface area contributed by atoms with Gasteiger partial charge in [-0.3, -0.25) is 15.0 Å². The molecule has 0 radical (unpaired) electrons. The molecule has 130 valence electrons. The Hall–Kier alpha value is -0.880. The summed E-state index contributed by atoms with van der Waals surface area (Å²) >= 11 is 0. The first-order chi connectivity index (χ1) is 10.3. The minimum absolute atomic E-state index is 0. The van der Waals surface area contributed by atoms with Crippen LogP contribution in [0.25, 0.3) is 0 Å². The second-order valence-corrected chi connectivity index (χ2v) is 6.09. The number of halogens is 2. The van der Waals surface area contributed by atoms with Gasteiger partial charge in [0.25, 0.3) is 5.69 Å². The van der Waals surface area contributed by atoms with E-state index in [1.54, 1.807) is 12.1 Å². The Morgan fingerprint density at radius 1 is 1.13 bits per heavy atom. The fraction of sp³-hybridized carbons (Fsp3) is 0.625. The molecule has 0 aromatic heterocycles. The first kappa shape index (κ1) is 20.2. The van der Waals surface area contributed by atoms with Gasteiger partial charge < -0.3 is 5.32 Å². The van der Waals surface area contributed by atoms with Crippen LogP contribution >= 0.6 is 24.8 Å². The zero-order valence-corrected chi connectivity index (χ0v) is 14.8. The zero-order valence-electron chi connectivity index (χ0n) is 13.1. The molecule has 1 saturated carbocycles. The lowest BCUT2D eigenvalue weighted by Crippen LogP contribution is -2.46. The van der Waals surface area contributed by atoms with Crippen molar-refractivity contribution in [1.82, 2.24) is 10.2 Å². The highest BCUT2D eigenvalue weighted by Crippen LogP contribution is 2.42. The van der Waals surface area contributed by atoms with E-state index in [1.807, 2.05) is 12.1 Å². The summed E-state index contributed by atoms with van der Waals surface area (Å²) in [5, 5.41) is 14.8. The van der Waals surface area contributed by atoms with Crippen molar-refractivity contribution in [1.29, 1.82) is 0 Å². The first-order valence-corrected chi connectivity index (χ1v) is 7.95. The Bertz CT molecular complexity index is 504. The summed E-state index contributed by atoms with van der Waals surface area (Å²) in [6.45, 7) is 3.91. The smallest absolute Gasteiger partial charge is 0.274 e. The van der Waals surface area contributed by atoms with Crippen molar-refractivity contribution < 1.29 is 4.92 Å². The maximum atomic E-state index is 11.4. The molecule has 1 aliphatic carbocycles. The summed E-state index contributed by atoms with van der Waals surface area (Å²) in [4.78, 5) is 13.6. The lowest BCUT2D eigenvalue weighted by Gasteiger charge is -2.38. The van der Waals surface area contributed by atoms with Gasteiger partial charge in [0, 0.05) is 43.9 Å². The van der Waals surface area contributed by atoms with E-state index in [2.05, 4.69) is 10.2 Å². The number of benzene rings is 1. The van der Waals surface area contributed by atoms with Gasteiger partial charge in [-0.05, 0) is 18.8 Å². The summed E-state index contributed by atoms with van der Waals surface area (Å²) < 4.78 is 0. The van der Waals surface area contributed by atoms with Gasteiger partial charge in [0.15, 0.2) is 0 Å². The molecule has 1 aliphatic heterocycles. The minimum atomic E-state index is -0.223. The number of hydrogen-bond acceptors (Lipinski definition) is 4. The number of nitrogens with zero attached hydrogens (tertiary/aromatic N) is 2. The predicted octanol–water partition coefficient (Wildman–Crippen LogP) is 3.57. The highest BCUT2D eigenvalue weighted by molar-refractivity contribution is 5.85. The fourth-order valence-corrected chi connectivity index (χ4v) is 3.89. The van der Waals surface area contributed by atoms with Gasteiger partial charge in [-0.15, -0.1) is 24.8 Å². The summed E-state index contributed by atoms with van der Waals surface area (Å²) in [7, 11) is 0. The van der Waals surface area contributed by atoms with E-state index in [1.165, 1.54) is 25.7 Å². The average Bonchev–Trinajstić information content (AvgIpc) is 3.03. The van der Waals surface area contributed by atoms with Crippen LogP contribution in [-0.2, 0) is 0 Å². The lowest BCUT2D eigenvalue weighted by atomic mass is 9.89. The topological polar surface area (TPSA) is 58.4 Å². The average molecular weight is 362 g/mol. The highest BCUT2D eigenvalue weighted by Gasteiger charge is 2.35. The molecular formula is C16H25Cl2N3O2. The molecule has 2 aliphatic rings. The number of piperazine rings is 1. The molecule has 2 fully saturated rings.